The van der Waals surface area contributed by atoms with Crippen molar-refractivity contribution in [2.24, 2.45) is 57.8 Å². The molecule has 7 N–H and O–H groups in total. The third-order valence-electron chi connectivity index (χ3n) is 12.6. The molecule has 0 aromatic heterocycles. The highest BCUT2D eigenvalue weighted by Crippen LogP contribution is 2.67. The second-order valence-electron chi connectivity index (χ2n) is 16.6. The van der Waals surface area contributed by atoms with Crippen LogP contribution in [0.5, 0.6) is 0 Å². The van der Waals surface area contributed by atoms with Gasteiger partial charge in [-0.05, 0) is 111 Å². The van der Waals surface area contributed by atoms with E-state index < -0.39 is 36.4 Å². The lowest BCUT2D eigenvalue weighted by Crippen LogP contribution is -2.51. The highest BCUT2D eigenvalue weighted by atomic mass is 19.4. The number of hydrogen-bond acceptors (Lipinski definition) is 7. The van der Waals surface area contributed by atoms with Crippen LogP contribution in [0.15, 0.2) is 11.6 Å². The zero-order valence-electron chi connectivity index (χ0n) is 32.3. The van der Waals surface area contributed by atoms with Crippen molar-refractivity contribution in [1.82, 2.24) is 5.32 Å². The van der Waals surface area contributed by atoms with Gasteiger partial charge in [0, 0.05) is 6.42 Å². The second-order valence-corrected chi connectivity index (χ2v) is 16.6. The number of halogens is 6. The summed E-state index contributed by atoms with van der Waals surface area (Å²) in [6.07, 6.45) is 6.34. The molecule has 4 rings (SSSR count). The van der Waals surface area contributed by atoms with E-state index in [1.807, 2.05) is 0 Å². The maximum absolute atomic E-state index is 12.8. The number of carboxylic acid groups (broad SMARTS) is 2. The Morgan fingerprint density at radius 1 is 0.889 bits per heavy atom. The van der Waals surface area contributed by atoms with Gasteiger partial charge < -0.3 is 31.7 Å². The lowest BCUT2D eigenvalue weighted by molar-refractivity contribution is -0.193. The lowest BCUT2D eigenvalue weighted by atomic mass is 9.47. The number of carbonyl (C=O) groups is 4. The zero-order chi connectivity index (χ0) is 41.4. The molecule has 0 aromatic carbocycles. The Kier molecular flexibility index (Phi) is 16.9. The van der Waals surface area contributed by atoms with Crippen molar-refractivity contribution >= 4 is 23.8 Å². The minimum absolute atomic E-state index is 0.114. The predicted molar refractivity (Wildman–Crippen MR) is 190 cm³/mol. The largest absolute Gasteiger partial charge is 0.490 e. The molecular weight excluding hydrogens is 724 g/mol. The van der Waals surface area contributed by atoms with Gasteiger partial charge in [0.25, 0.3) is 0 Å². The number of nitrogens with one attached hydrogen (secondary N) is 1. The third kappa shape index (κ3) is 12.3. The molecule has 0 radical (unpaired) electrons. The average molecular weight is 786 g/mol. The van der Waals surface area contributed by atoms with Gasteiger partial charge in [0.1, 0.15) is 12.1 Å². The molecule has 4 aliphatic rings. The van der Waals surface area contributed by atoms with Gasteiger partial charge in [0.2, 0.25) is 5.91 Å². The maximum atomic E-state index is 12.8. The molecule has 16 heteroatoms. The fraction of sp³-hybridized carbons (Fsp3) is 0.842. The van der Waals surface area contributed by atoms with Gasteiger partial charge in [0.05, 0.1) is 6.04 Å². The number of fused-ring (bicyclic) bond motifs is 5. The zero-order valence-corrected chi connectivity index (χ0v) is 32.3. The summed E-state index contributed by atoms with van der Waals surface area (Å²) in [5.74, 6) is -1.31. The number of carbonyl (C=O) groups excluding carboxylic acids is 2. The molecule has 54 heavy (non-hydrogen) atoms. The second kappa shape index (κ2) is 19.3. The summed E-state index contributed by atoms with van der Waals surface area (Å²) in [7, 11) is 0. The van der Waals surface area contributed by atoms with Gasteiger partial charge in [-0.15, -0.1) is 0 Å². The SMILES string of the molecule is CC(C)CCC[C@@H](C)[C@H]1CCC2C3CC=C4CC(OC(=O)[C@@H](C)NC(=O)C(N)CCN)CC[C@]4(C)C3CC[C@@]21C.O=C(O)C(F)(F)F.O=C(O)C(F)(F)F. The van der Waals surface area contributed by atoms with Crippen molar-refractivity contribution in [3.05, 3.63) is 11.6 Å². The van der Waals surface area contributed by atoms with Crippen LogP contribution in [0.1, 0.15) is 119 Å². The fourth-order valence-electron chi connectivity index (χ4n) is 9.71. The molecule has 0 spiro atoms. The quantitative estimate of drug-likeness (QED) is 0.0811. The number of rotatable bonds is 11. The number of ether oxygens (including phenoxy) is 1. The van der Waals surface area contributed by atoms with E-state index in [0.717, 1.165) is 54.8 Å². The fourth-order valence-corrected chi connectivity index (χ4v) is 9.71. The van der Waals surface area contributed by atoms with Crippen LogP contribution >= 0.6 is 0 Å². The van der Waals surface area contributed by atoms with Crippen molar-refractivity contribution in [3.63, 3.8) is 0 Å². The van der Waals surface area contributed by atoms with Gasteiger partial charge in [-0.1, -0.05) is 65.5 Å². The van der Waals surface area contributed by atoms with E-state index in [2.05, 4.69) is 46.0 Å². The minimum atomic E-state index is -5.08. The average Bonchev–Trinajstić information content (AvgIpc) is 3.41. The molecule has 4 aliphatic carbocycles. The Labute approximate surface area is 314 Å². The number of nitrogens with two attached hydrogens (primary N) is 2. The number of allylic oxidation sites excluding steroid dienone is 1. The molecule has 0 aromatic rings. The van der Waals surface area contributed by atoms with Crippen molar-refractivity contribution in [2.45, 2.75) is 149 Å². The van der Waals surface area contributed by atoms with E-state index in [9.17, 15) is 35.9 Å². The van der Waals surface area contributed by atoms with Crippen molar-refractivity contribution < 1.29 is 60.5 Å². The van der Waals surface area contributed by atoms with Crippen LogP contribution in [0.25, 0.3) is 0 Å². The van der Waals surface area contributed by atoms with Crippen LogP contribution in [-0.4, -0.2) is 71.1 Å². The molecule has 10 nitrogen and oxygen atoms in total. The molecule has 5 unspecified atom stereocenters. The van der Waals surface area contributed by atoms with Crippen LogP contribution in [0.2, 0.25) is 0 Å². The van der Waals surface area contributed by atoms with Gasteiger partial charge in [-0.25, -0.2) is 14.4 Å². The smallest absolute Gasteiger partial charge is 0.475 e. The first-order valence-electron chi connectivity index (χ1n) is 19.1. The third-order valence-corrected chi connectivity index (χ3v) is 12.6. The molecule has 0 saturated heterocycles. The van der Waals surface area contributed by atoms with E-state index in [4.69, 9.17) is 36.0 Å². The van der Waals surface area contributed by atoms with E-state index in [0.29, 0.717) is 18.4 Å². The van der Waals surface area contributed by atoms with Gasteiger partial charge in [0.15, 0.2) is 0 Å². The molecule has 0 heterocycles. The molecular formula is C38H61F6N3O7. The maximum Gasteiger partial charge on any atom is 0.490 e. The molecule has 3 fully saturated rings. The molecule has 1 amide bonds. The molecule has 312 valence electrons. The monoisotopic (exact) mass is 785 g/mol. The first kappa shape index (κ1) is 47.3. The summed E-state index contributed by atoms with van der Waals surface area (Å²) in [4.78, 5) is 42.8. The number of amides is 1. The summed E-state index contributed by atoms with van der Waals surface area (Å²) in [6, 6.07) is -1.41. The summed E-state index contributed by atoms with van der Waals surface area (Å²) in [5, 5.41) is 16.9. The summed E-state index contributed by atoms with van der Waals surface area (Å²) >= 11 is 0. The topological polar surface area (TPSA) is 182 Å². The van der Waals surface area contributed by atoms with Gasteiger partial charge in [-0.2, -0.15) is 26.3 Å². The Morgan fingerprint density at radius 3 is 1.98 bits per heavy atom. The Bertz CT molecular complexity index is 1300. The first-order chi connectivity index (χ1) is 24.8. The highest BCUT2D eigenvalue weighted by molar-refractivity contribution is 5.87. The van der Waals surface area contributed by atoms with Crippen LogP contribution in [0.4, 0.5) is 26.3 Å². The number of aliphatic carboxylic acids is 2. The predicted octanol–water partition coefficient (Wildman–Crippen LogP) is 7.39. The summed E-state index contributed by atoms with van der Waals surface area (Å²) in [6.45, 7) is 14.4. The van der Waals surface area contributed by atoms with Gasteiger partial charge in [-0.3, -0.25) is 4.79 Å². The van der Waals surface area contributed by atoms with E-state index in [-0.39, 0.29) is 23.4 Å². The van der Waals surface area contributed by atoms with Crippen LogP contribution in [0, 0.1) is 46.3 Å². The van der Waals surface area contributed by atoms with E-state index >= 15 is 0 Å². The Morgan fingerprint density at radius 2 is 1.46 bits per heavy atom. The lowest BCUT2D eigenvalue weighted by Gasteiger charge is -2.58. The molecule has 10 atom stereocenters. The van der Waals surface area contributed by atoms with Crippen LogP contribution in [-0.2, 0) is 23.9 Å². The first-order valence-corrected chi connectivity index (χ1v) is 19.1. The van der Waals surface area contributed by atoms with Crippen LogP contribution < -0.4 is 16.8 Å². The molecule has 3 saturated carbocycles. The van der Waals surface area contributed by atoms with E-state index in [1.165, 1.54) is 56.9 Å². The van der Waals surface area contributed by atoms with Crippen molar-refractivity contribution in [3.8, 4) is 0 Å². The van der Waals surface area contributed by atoms with Crippen LogP contribution in [0.3, 0.4) is 0 Å². The standard InChI is InChI=1S/C34H59N3O3.2C2HF3O2/c1-21(2)8-7-9-22(3)27-12-13-28-26-11-10-24-20-25(14-17-33(24,5)29(26)15-18-34(27,28)6)40-32(39)23(4)37-31(38)30(36)16-19-35;2*3-2(4,5)1(6)7/h10,21-23,25-30H,7-9,11-20,35-36H2,1-6H3,(H,37,38);2*(H,6,7)/t22-,23-,25?,26?,27-,28?,29?,30?,33+,34-;;/m1../s1. The summed E-state index contributed by atoms with van der Waals surface area (Å²) in [5.41, 5.74) is 13.6. The highest BCUT2D eigenvalue weighted by Gasteiger charge is 2.59. The number of carboxylic acids is 2. The summed E-state index contributed by atoms with van der Waals surface area (Å²) < 4.78 is 69.4. The van der Waals surface area contributed by atoms with Gasteiger partial charge >= 0.3 is 30.3 Å². The number of alkyl halides is 6. The Balaban J connectivity index is 0.000000610. The van der Waals surface area contributed by atoms with Crippen molar-refractivity contribution in [2.75, 3.05) is 6.54 Å². The normalized spacial score (nSPS) is 30.6. The Hall–Kier alpha value is -2.88. The molecule has 0 aliphatic heterocycles. The number of hydrogen-bond donors (Lipinski definition) is 5. The number of esters is 1. The molecule has 0 bridgehead atoms. The van der Waals surface area contributed by atoms with Crippen molar-refractivity contribution in [1.29, 1.82) is 0 Å². The minimum Gasteiger partial charge on any atom is -0.475 e. The van der Waals surface area contributed by atoms with E-state index in [1.54, 1.807) is 6.92 Å².